The highest BCUT2D eigenvalue weighted by molar-refractivity contribution is 5.94. The van der Waals surface area contributed by atoms with Gasteiger partial charge in [0.15, 0.2) is 0 Å². The Bertz CT molecular complexity index is 1120. The summed E-state index contributed by atoms with van der Waals surface area (Å²) in [6.07, 6.45) is 2.01. The van der Waals surface area contributed by atoms with Crippen LogP contribution in [0.2, 0.25) is 0 Å². The van der Waals surface area contributed by atoms with E-state index >= 15 is 0 Å². The quantitative estimate of drug-likeness (QED) is 0.446. The number of ether oxygens (including phenoxy) is 1. The molecule has 0 N–H and O–H groups in total. The average molecular weight is 471 g/mol. The van der Waals surface area contributed by atoms with Gasteiger partial charge in [-0.15, -0.1) is 0 Å². The smallest absolute Gasteiger partial charge is 0.253 e. The molecule has 0 radical (unpaired) electrons. The lowest BCUT2D eigenvalue weighted by atomic mass is 9.77. The van der Waals surface area contributed by atoms with E-state index in [-0.39, 0.29) is 11.8 Å². The lowest BCUT2D eigenvalue weighted by Gasteiger charge is -2.43. The fourth-order valence-corrected chi connectivity index (χ4v) is 4.73. The van der Waals surface area contributed by atoms with Crippen molar-refractivity contribution in [3.8, 4) is 5.75 Å². The van der Waals surface area contributed by atoms with Gasteiger partial charge < -0.3 is 14.5 Å². The van der Waals surface area contributed by atoms with Crippen molar-refractivity contribution in [3.63, 3.8) is 0 Å². The van der Waals surface area contributed by atoms with Crippen LogP contribution < -0.4 is 4.74 Å². The number of likely N-dealkylation sites (tertiary alicyclic amines) is 1. The van der Waals surface area contributed by atoms with Crippen molar-refractivity contribution in [1.82, 2.24) is 9.80 Å². The number of carbonyl (C=O) groups excluding carboxylic acids is 2. The van der Waals surface area contributed by atoms with Crippen molar-refractivity contribution in [3.05, 3.63) is 102 Å². The van der Waals surface area contributed by atoms with Gasteiger partial charge in [-0.1, -0.05) is 66.2 Å². The first-order valence-electron chi connectivity index (χ1n) is 12.3. The van der Waals surface area contributed by atoms with E-state index in [1.807, 2.05) is 104 Å². The predicted octanol–water partition coefficient (Wildman–Crippen LogP) is 5.35. The van der Waals surface area contributed by atoms with E-state index in [1.54, 1.807) is 4.90 Å². The molecule has 35 heavy (non-hydrogen) atoms. The van der Waals surface area contributed by atoms with E-state index in [1.165, 1.54) is 0 Å². The lowest BCUT2D eigenvalue weighted by Crippen LogP contribution is -2.50. The van der Waals surface area contributed by atoms with Crippen LogP contribution in [-0.4, -0.2) is 48.4 Å². The van der Waals surface area contributed by atoms with Crippen molar-refractivity contribution < 1.29 is 14.3 Å². The third-order valence-electron chi connectivity index (χ3n) is 6.75. The summed E-state index contributed by atoms with van der Waals surface area (Å²) < 4.78 is 6.19. The molecule has 1 fully saturated rings. The molecule has 0 aliphatic carbocycles. The Morgan fingerprint density at radius 2 is 1.60 bits per heavy atom. The first-order valence-corrected chi connectivity index (χ1v) is 12.3. The summed E-state index contributed by atoms with van der Waals surface area (Å²) in [4.78, 5) is 30.4. The van der Waals surface area contributed by atoms with Gasteiger partial charge in [0.05, 0.1) is 6.61 Å². The van der Waals surface area contributed by atoms with Gasteiger partial charge in [0.1, 0.15) is 5.75 Å². The highest BCUT2D eigenvalue weighted by Gasteiger charge is 2.40. The molecule has 2 amide bonds. The summed E-state index contributed by atoms with van der Waals surface area (Å²) >= 11 is 0. The second kappa shape index (κ2) is 11.2. The molecule has 5 heteroatoms. The van der Waals surface area contributed by atoms with Crippen LogP contribution in [0, 0.1) is 12.3 Å². The normalized spacial score (nSPS) is 17.6. The molecule has 5 nitrogen and oxygen atoms in total. The number of rotatable bonds is 8. The second-order valence-corrected chi connectivity index (χ2v) is 9.71. The minimum atomic E-state index is -0.448. The number of benzene rings is 3. The van der Waals surface area contributed by atoms with Crippen LogP contribution in [0.4, 0.5) is 0 Å². The molecule has 1 saturated heterocycles. The Hall–Kier alpha value is -3.60. The Kier molecular flexibility index (Phi) is 7.86. The van der Waals surface area contributed by atoms with Crippen molar-refractivity contribution in [2.24, 2.45) is 5.41 Å². The molecule has 1 heterocycles. The third-order valence-corrected chi connectivity index (χ3v) is 6.75. The second-order valence-electron chi connectivity index (χ2n) is 9.71. The van der Waals surface area contributed by atoms with Gasteiger partial charge >= 0.3 is 0 Å². The molecule has 0 aromatic heterocycles. The maximum absolute atomic E-state index is 13.4. The maximum Gasteiger partial charge on any atom is 0.253 e. The number of amides is 2. The Morgan fingerprint density at radius 3 is 2.29 bits per heavy atom. The van der Waals surface area contributed by atoms with Gasteiger partial charge in [0.2, 0.25) is 5.91 Å². The standard InChI is InChI=1S/C30H34N2O3/c1-24-14-16-26(17-15-24)29(34)32-19-9-18-30(22-32,23-35-27-12-7-4-8-13-27)20-28(33)31(2)21-25-10-5-3-6-11-25/h3-8,10-17H,9,18-23H2,1-2H3/t30-/m1/s1. The number of hydrogen-bond donors (Lipinski definition) is 0. The number of piperidine rings is 1. The van der Waals surface area contributed by atoms with Crippen LogP contribution in [0.25, 0.3) is 0 Å². The van der Waals surface area contributed by atoms with Crippen LogP contribution >= 0.6 is 0 Å². The molecule has 0 bridgehead atoms. The van der Waals surface area contributed by atoms with Gasteiger partial charge in [-0.25, -0.2) is 0 Å². The molecule has 3 aromatic rings. The highest BCUT2D eigenvalue weighted by Crippen LogP contribution is 2.36. The Morgan fingerprint density at radius 1 is 0.943 bits per heavy atom. The SMILES string of the molecule is Cc1ccc(C(=O)N2CCC[C@@](COc3ccccc3)(CC(=O)N(C)Cc3ccccc3)C2)cc1. The van der Waals surface area contributed by atoms with Gasteiger partial charge in [0, 0.05) is 44.1 Å². The maximum atomic E-state index is 13.4. The summed E-state index contributed by atoms with van der Waals surface area (Å²) in [7, 11) is 1.85. The predicted molar refractivity (Wildman–Crippen MR) is 138 cm³/mol. The number of hydrogen-bond acceptors (Lipinski definition) is 3. The first kappa shape index (κ1) is 24.5. The molecule has 182 valence electrons. The summed E-state index contributed by atoms with van der Waals surface area (Å²) in [6, 6.07) is 27.4. The zero-order chi connectivity index (χ0) is 24.7. The van der Waals surface area contributed by atoms with E-state index in [4.69, 9.17) is 4.74 Å². The van der Waals surface area contributed by atoms with Crippen LogP contribution in [0.5, 0.6) is 5.75 Å². The number of carbonyl (C=O) groups is 2. The Balaban J connectivity index is 1.51. The molecule has 1 aliphatic heterocycles. The number of nitrogens with zero attached hydrogens (tertiary/aromatic N) is 2. The van der Waals surface area contributed by atoms with Crippen molar-refractivity contribution in [2.45, 2.75) is 32.7 Å². The molecular weight excluding hydrogens is 436 g/mol. The molecule has 0 unspecified atom stereocenters. The van der Waals surface area contributed by atoms with E-state index in [0.717, 1.165) is 29.7 Å². The molecule has 0 spiro atoms. The zero-order valence-corrected chi connectivity index (χ0v) is 20.7. The summed E-state index contributed by atoms with van der Waals surface area (Å²) in [5, 5.41) is 0. The molecule has 3 aromatic carbocycles. The minimum absolute atomic E-state index is 0.0128. The lowest BCUT2D eigenvalue weighted by molar-refractivity contribution is -0.134. The van der Waals surface area contributed by atoms with Crippen LogP contribution in [0.15, 0.2) is 84.9 Å². The average Bonchev–Trinajstić information content (AvgIpc) is 2.89. The van der Waals surface area contributed by atoms with E-state index < -0.39 is 5.41 Å². The Labute approximate surface area is 208 Å². The van der Waals surface area contributed by atoms with Crippen LogP contribution in [0.1, 0.15) is 40.7 Å². The largest absolute Gasteiger partial charge is 0.493 e. The molecule has 1 aliphatic rings. The van der Waals surface area contributed by atoms with E-state index in [2.05, 4.69) is 0 Å². The van der Waals surface area contributed by atoms with Crippen molar-refractivity contribution >= 4 is 11.8 Å². The molecule has 4 rings (SSSR count). The zero-order valence-electron chi connectivity index (χ0n) is 20.7. The van der Waals surface area contributed by atoms with Crippen LogP contribution in [0.3, 0.4) is 0 Å². The van der Waals surface area contributed by atoms with Crippen molar-refractivity contribution in [2.75, 3.05) is 26.7 Å². The van der Waals surface area contributed by atoms with Crippen LogP contribution in [-0.2, 0) is 11.3 Å². The van der Waals surface area contributed by atoms with Crippen molar-refractivity contribution in [1.29, 1.82) is 0 Å². The molecular formula is C30H34N2O3. The minimum Gasteiger partial charge on any atom is -0.493 e. The fraction of sp³-hybridized carbons (Fsp3) is 0.333. The monoisotopic (exact) mass is 470 g/mol. The van der Waals surface area contributed by atoms with Gasteiger partial charge in [-0.3, -0.25) is 9.59 Å². The van der Waals surface area contributed by atoms with E-state index in [0.29, 0.717) is 38.2 Å². The fourth-order valence-electron chi connectivity index (χ4n) is 4.73. The summed E-state index contributed by atoms with van der Waals surface area (Å²) in [5.74, 6) is 0.855. The summed E-state index contributed by atoms with van der Waals surface area (Å²) in [6.45, 7) is 4.14. The topological polar surface area (TPSA) is 49.9 Å². The number of para-hydroxylation sites is 1. The molecule has 0 saturated carbocycles. The molecule has 1 atom stereocenters. The van der Waals surface area contributed by atoms with Gasteiger partial charge in [-0.2, -0.15) is 0 Å². The summed E-state index contributed by atoms with van der Waals surface area (Å²) in [5.41, 5.74) is 2.45. The van der Waals surface area contributed by atoms with E-state index in [9.17, 15) is 9.59 Å². The van der Waals surface area contributed by atoms with Gasteiger partial charge in [-0.05, 0) is 49.6 Å². The van der Waals surface area contributed by atoms with Gasteiger partial charge in [0.25, 0.3) is 5.91 Å². The third kappa shape index (κ3) is 6.50. The highest BCUT2D eigenvalue weighted by atomic mass is 16.5. The first-order chi connectivity index (χ1) is 16.9. The number of aryl methyl sites for hydroxylation is 1.